The lowest BCUT2D eigenvalue weighted by Crippen LogP contribution is -2.10. The first-order valence-electron chi connectivity index (χ1n) is 6.46. The fraction of sp³-hybridized carbons (Fsp3) is 0.400. The normalized spacial score (nSPS) is 12.6. The van der Waals surface area contributed by atoms with Crippen LogP contribution >= 0.6 is 23.2 Å². The molecule has 0 aliphatic carbocycles. The Balaban J connectivity index is 1.94. The molecule has 0 amide bonds. The number of alkyl halides is 1. The highest BCUT2D eigenvalue weighted by Gasteiger charge is 2.12. The second-order valence-corrected chi connectivity index (χ2v) is 5.52. The molecule has 1 heterocycles. The Labute approximate surface area is 124 Å². The van der Waals surface area contributed by atoms with Gasteiger partial charge in [0.1, 0.15) is 5.82 Å². The minimum absolute atomic E-state index is 0.429. The maximum atomic E-state index is 6.19. The van der Waals surface area contributed by atoms with Crippen LogP contribution in [0.4, 0.5) is 0 Å². The van der Waals surface area contributed by atoms with Crippen LogP contribution in [0.5, 0.6) is 0 Å². The van der Waals surface area contributed by atoms with E-state index < -0.39 is 0 Å². The highest BCUT2D eigenvalue weighted by Crippen LogP contribution is 2.22. The summed E-state index contributed by atoms with van der Waals surface area (Å²) in [4.78, 5) is 4.34. The highest BCUT2D eigenvalue weighted by molar-refractivity contribution is 6.31. The maximum Gasteiger partial charge on any atom is 0.108 e. The molecular weight excluding hydrogens is 279 g/mol. The average Bonchev–Trinajstić information content (AvgIpc) is 2.82. The number of hydrogen-bond acceptors (Lipinski definition) is 1. The molecule has 1 aromatic carbocycles. The largest absolute Gasteiger partial charge is 0.338 e. The van der Waals surface area contributed by atoms with Crippen LogP contribution in [0, 0.1) is 5.92 Å². The van der Waals surface area contributed by atoms with Crippen molar-refractivity contribution in [3.05, 3.63) is 53.1 Å². The van der Waals surface area contributed by atoms with Crippen molar-refractivity contribution in [2.75, 3.05) is 5.88 Å². The van der Waals surface area contributed by atoms with E-state index in [2.05, 4.69) is 15.6 Å². The molecule has 2 rings (SSSR count). The Morgan fingerprint density at radius 3 is 2.74 bits per heavy atom. The molecule has 0 spiro atoms. The zero-order valence-corrected chi connectivity index (χ0v) is 12.5. The van der Waals surface area contributed by atoms with E-state index in [1.807, 2.05) is 37.6 Å². The number of aryl methyl sites for hydroxylation is 2. The second-order valence-electron chi connectivity index (χ2n) is 4.81. The monoisotopic (exact) mass is 296 g/mol. The van der Waals surface area contributed by atoms with Gasteiger partial charge in [0.05, 0.1) is 0 Å². The Kier molecular flexibility index (Phi) is 5.29. The van der Waals surface area contributed by atoms with Crippen molar-refractivity contribution >= 4 is 23.2 Å². The lowest BCUT2D eigenvalue weighted by molar-refractivity contribution is 0.523. The van der Waals surface area contributed by atoms with Crippen LogP contribution in [-0.2, 0) is 19.9 Å². The zero-order valence-electron chi connectivity index (χ0n) is 11.0. The van der Waals surface area contributed by atoms with Gasteiger partial charge in [0.25, 0.3) is 0 Å². The summed E-state index contributed by atoms with van der Waals surface area (Å²) < 4.78 is 2.06. The molecule has 4 heteroatoms. The predicted octanol–water partition coefficient (Wildman–Crippen LogP) is 4.10. The van der Waals surface area contributed by atoms with Crippen molar-refractivity contribution in [3.8, 4) is 0 Å². The van der Waals surface area contributed by atoms with Crippen LogP contribution in [0.15, 0.2) is 36.7 Å². The molecule has 0 saturated carbocycles. The molecule has 1 aromatic heterocycles. The molecule has 2 nitrogen and oxygen atoms in total. The van der Waals surface area contributed by atoms with Crippen LogP contribution in [0.1, 0.15) is 17.8 Å². The van der Waals surface area contributed by atoms with E-state index in [4.69, 9.17) is 23.2 Å². The van der Waals surface area contributed by atoms with Gasteiger partial charge in [-0.1, -0.05) is 29.8 Å². The van der Waals surface area contributed by atoms with E-state index in [0.29, 0.717) is 11.8 Å². The van der Waals surface area contributed by atoms with E-state index >= 15 is 0 Å². The fourth-order valence-corrected chi connectivity index (χ4v) is 2.66. The summed E-state index contributed by atoms with van der Waals surface area (Å²) in [7, 11) is 2.02. The molecule has 0 aliphatic rings. The van der Waals surface area contributed by atoms with Gasteiger partial charge in [-0.2, -0.15) is 0 Å². The number of rotatable bonds is 6. The van der Waals surface area contributed by atoms with Gasteiger partial charge in [-0.15, -0.1) is 11.6 Å². The first kappa shape index (κ1) is 14.4. The molecule has 1 atom stereocenters. The minimum atomic E-state index is 0.429. The summed E-state index contributed by atoms with van der Waals surface area (Å²) in [6.07, 6.45) is 6.71. The summed E-state index contributed by atoms with van der Waals surface area (Å²) >= 11 is 12.3. The lowest BCUT2D eigenvalue weighted by Gasteiger charge is -2.14. The van der Waals surface area contributed by atoms with Gasteiger partial charge >= 0.3 is 0 Å². The summed E-state index contributed by atoms with van der Waals surface area (Å²) in [5.74, 6) is 2.18. The molecular formula is C15H18Cl2N2. The Morgan fingerprint density at radius 1 is 1.32 bits per heavy atom. The van der Waals surface area contributed by atoms with E-state index in [1.165, 1.54) is 5.56 Å². The van der Waals surface area contributed by atoms with Crippen LogP contribution in [0.2, 0.25) is 5.02 Å². The van der Waals surface area contributed by atoms with Gasteiger partial charge in [0.2, 0.25) is 0 Å². The van der Waals surface area contributed by atoms with Crippen molar-refractivity contribution < 1.29 is 0 Å². The van der Waals surface area contributed by atoms with Gasteiger partial charge < -0.3 is 4.57 Å². The third-order valence-corrected chi connectivity index (χ3v) is 4.19. The van der Waals surface area contributed by atoms with Crippen molar-refractivity contribution in [3.63, 3.8) is 0 Å². The predicted molar refractivity (Wildman–Crippen MR) is 80.9 cm³/mol. The standard InChI is InChI=1S/C15H18Cl2N2/c1-19-9-8-18-15(19)7-6-12(11-16)10-13-4-2-3-5-14(13)17/h2-5,8-9,12H,6-7,10-11H2,1H3. The van der Waals surface area contributed by atoms with E-state index in [-0.39, 0.29) is 0 Å². The molecule has 19 heavy (non-hydrogen) atoms. The first-order valence-corrected chi connectivity index (χ1v) is 7.37. The third-order valence-electron chi connectivity index (χ3n) is 3.38. The van der Waals surface area contributed by atoms with Crippen molar-refractivity contribution in [1.82, 2.24) is 9.55 Å². The average molecular weight is 297 g/mol. The Morgan fingerprint density at radius 2 is 2.11 bits per heavy atom. The number of imidazole rings is 1. The van der Waals surface area contributed by atoms with Crippen LogP contribution in [0.3, 0.4) is 0 Å². The SMILES string of the molecule is Cn1ccnc1CCC(CCl)Cc1ccccc1Cl. The number of halogens is 2. The second kappa shape index (κ2) is 6.97. The molecule has 0 radical (unpaired) electrons. The van der Waals surface area contributed by atoms with Gasteiger partial charge in [0.15, 0.2) is 0 Å². The van der Waals surface area contributed by atoms with Gasteiger partial charge in [-0.05, 0) is 30.4 Å². The Bertz CT molecular complexity index is 522. The Hall–Kier alpha value is -0.990. The minimum Gasteiger partial charge on any atom is -0.338 e. The van der Waals surface area contributed by atoms with Gasteiger partial charge in [-0.25, -0.2) is 4.98 Å². The quantitative estimate of drug-likeness (QED) is 0.734. The molecule has 0 aliphatic heterocycles. The van der Waals surface area contributed by atoms with Crippen LogP contribution in [-0.4, -0.2) is 15.4 Å². The topological polar surface area (TPSA) is 17.8 Å². The lowest BCUT2D eigenvalue weighted by atomic mass is 9.96. The van der Waals surface area contributed by atoms with Gasteiger partial charge in [-0.3, -0.25) is 0 Å². The van der Waals surface area contributed by atoms with Crippen molar-refractivity contribution in [1.29, 1.82) is 0 Å². The number of nitrogens with zero attached hydrogens (tertiary/aromatic N) is 2. The number of benzene rings is 1. The smallest absolute Gasteiger partial charge is 0.108 e. The zero-order chi connectivity index (χ0) is 13.7. The maximum absolute atomic E-state index is 6.19. The molecule has 0 saturated heterocycles. The summed E-state index contributed by atoms with van der Waals surface area (Å²) in [5.41, 5.74) is 1.18. The molecule has 1 unspecified atom stereocenters. The molecule has 2 aromatic rings. The third kappa shape index (κ3) is 3.99. The summed E-state index contributed by atoms with van der Waals surface area (Å²) in [6.45, 7) is 0. The van der Waals surface area contributed by atoms with E-state index in [0.717, 1.165) is 30.1 Å². The molecule has 102 valence electrons. The molecule has 0 fully saturated rings. The van der Waals surface area contributed by atoms with Crippen molar-refractivity contribution in [2.24, 2.45) is 13.0 Å². The van der Waals surface area contributed by atoms with Crippen LogP contribution in [0.25, 0.3) is 0 Å². The summed E-state index contributed by atoms with van der Waals surface area (Å²) in [6, 6.07) is 7.98. The highest BCUT2D eigenvalue weighted by atomic mass is 35.5. The molecule has 0 bridgehead atoms. The first-order chi connectivity index (χ1) is 9.20. The van der Waals surface area contributed by atoms with E-state index in [1.54, 1.807) is 0 Å². The van der Waals surface area contributed by atoms with Crippen LogP contribution < -0.4 is 0 Å². The number of aromatic nitrogens is 2. The fourth-order valence-electron chi connectivity index (χ4n) is 2.18. The van der Waals surface area contributed by atoms with Crippen molar-refractivity contribution in [2.45, 2.75) is 19.3 Å². The van der Waals surface area contributed by atoms with Gasteiger partial charge in [0, 0.05) is 36.8 Å². The number of hydrogen-bond donors (Lipinski definition) is 0. The molecule has 0 N–H and O–H groups in total. The van der Waals surface area contributed by atoms with E-state index in [9.17, 15) is 0 Å². The summed E-state index contributed by atoms with van der Waals surface area (Å²) in [5, 5.41) is 0.828.